The van der Waals surface area contributed by atoms with Crippen LogP contribution < -0.4 is 11.1 Å². The molecule has 3 N–H and O–H groups in total. The van der Waals surface area contributed by atoms with Crippen LogP contribution in [0.4, 0.5) is 4.79 Å². The first-order valence-electron chi connectivity index (χ1n) is 12.5. The van der Waals surface area contributed by atoms with Crippen LogP contribution in [0.3, 0.4) is 0 Å². The number of carbonyl (C=O) groups is 3. The lowest BCUT2D eigenvalue weighted by molar-refractivity contribution is -0.131. The summed E-state index contributed by atoms with van der Waals surface area (Å²) in [5.74, 6) is -1.15. The summed E-state index contributed by atoms with van der Waals surface area (Å²) in [5.41, 5.74) is 9.84. The minimum Gasteiger partial charge on any atom is -0.445 e. The number of nitrogens with zero attached hydrogens (tertiary/aromatic N) is 2. The summed E-state index contributed by atoms with van der Waals surface area (Å²) in [4.78, 5) is 45.0. The molecule has 192 valence electrons. The van der Waals surface area contributed by atoms with Crippen LogP contribution in [-0.4, -0.2) is 39.9 Å². The molecule has 8 nitrogen and oxygen atoms in total. The summed E-state index contributed by atoms with van der Waals surface area (Å²) in [6.45, 7) is 0.305. The van der Waals surface area contributed by atoms with Crippen LogP contribution in [0.25, 0.3) is 10.9 Å². The maximum Gasteiger partial charge on any atom is 0.411 e. The maximum absolute atomic E-state index is 13.5. The highest BCUT2D eigenvalue weighted by atomic mass is 16.6. The monoisotopic (exact) mass is 508 g/mol. The van der Waals surface area contributed by atoms with E-state index in [0.29, 0.717) is 12.1 Å². The van der Waals surface area contributed by atoms with Crippen molar-refractivity contribution in [2.75, 3.05) is 0 Å². The molecule has 8 heteroatoms. The SMILES string of the molecule is NC(=O)[C@H](Cc1ccc2ccccc2n1)NC(=O)[C@@H]1Cc2ccccc2CN1C(=O)OCc1ccccc1. The van der Waals surface area contributed by atoms with Gasteiger partial charge >= 0.3 is 6.09 Å². The number of fused-ring (bicyclic) bond motifs is 2. The lowest BCUT2D eigenvalue weighted by Gasteiger charge is -2.35. The molecule has 0 spiro atoms. The van der Waals surface area contributed by atoms with Gasteiger partial charge in [-0.25, -0.2) is 4.79 Å². The second-order valence-corrected chi connectivity index (χ2v) is 9.32. The van der Waals surface area contributed by atoms with Gasteiger partial charge in [-0.15, -0.1) is 0 Å². The molecule has 0 saturated heterocycles. The van der Waals surface area contributed by atoms with E-state index < -0.39 is 30.0 Å². The van der Waals surface area contributed by atoms with Gasteiger partial charge in [0.25, 0.3) is 0 Å². The molecular weight excluding hydrogens is 480 g/mol. The molecule has 1 aliphatic rings. The molecule has 3 amide bonds. The molecule has 0 unspecified atom stereocenters. The van der Waals surface area contributed by atoms with Crippen molar-refractivity contribution >= 4 is 28.8 Å². The smallest absolute Gasteiger partial charge is 0.411 e. The van der Waals surface area contributed by atoms with Crippen LogP contribution in [0.1, 0.15) is 22.4 Å². The summed E-state index contributed by atoms with van der Waals surface area (Å²) in [6.07, 6.45) is -0.175. The lowest BCUT2D eigenvalue weighted by atomic mass is 9.93. The van der Waals surface area contributed by atoms with Crippen LogP contribution in [-0.2, 0) is 40.3 Å². The van der Waals surface area contributed by atoms with Crippen LogP contribution in [0.2, 0.25) is 0 Å². The number of para-hydroxylation sites is 1. The average Bonchev–Trinajstić information content (AvgIpc) is 2.95. The number of primary amides is 1. The molecule has 4 aromatic rings. The summed E-state index contributed by atoms with van der Waals surface area (Å²) in [6, 6.07) is 26.5. The van der Waals surface area contributed by atoms with Gasteiger partial charge in [-0.3, -0.25) is 19.5 Å². The number of pyridine rings is 1. The number of rotatable bonds is 7. The van der Waals surface area contributed by atoms with E-state index in [4.69, 9.17) is 10.5 Å². The molecule has 1 aliphatic heterocycles. The van der Waals surface area contributed by atoms with Crippen molar-refractivity contribution in [1.82, 2.24) is 15.2 Å². The molecule has 1 aromatic heterocycles. The maximum atomic E-state index is 13.5. The Morgan fingerprint density at radius 3 is 2.42 bits per heavy atom. The normalized spacial score (nSPS) is 15.4. The van der Waals surface area contributed by atoms with Crippen molar-refractivity contribution in [2.45, 2.75) is 38.1 Å². The Kier molecular flexibility index (Phi) is 7.31. The number of nitrogens with one attached hydrogen (secondary N) is 1. The van der Waals surface area contributed by atoms with Crippen molar-refractivity contribution in [3.8, 4) is 0 Å². The highest BCUT2D eigenvalue weighted by Crippen LogP contribution is 2.25. The van der Waals surface area contributed by atoms with Gasteiger partial charge in [-0.1, -0.05) is 78.9 Å². The number of carbonyl (C=O) groups excluding carboxylic acids is 3. The zero-order chi connectivity index (χ0) is 26.5. The fraction of sp³-hybridized carbons (Fsp3) is 0.200. The van der Waals surface area contributed by atoms with Gasteiger partial charge in [0, 0.05) is 23.9 Å². The van der Waals surface area contributed by atoms with E-state index in [1.54, 1.807) is 0 Å². The topological polar surface area (TPSA) is 115 Å². The van der Waals surface area contributed by atoms with Gasteiger partial charge in [0.15, 0.2) is 0 Å². The summed E-state index contributed by atoms with van der Waals surface area (Å²) >= 11 is 0. The molecule has 0 bridgehead atoms. The molecule has 0 fully saturated rings. The van der Waals surface area contributed by atoms with Crippen molar-refractivity contribution in [3.63, 3.8) is 0 Å². The standard InChI is InChI=1S/C30H28N4O4/c31-28(35)26(17-24-15-14-21-10-6-7-13-25(21)32-24)33-29(36)27-16-22-11-4-5-12-23(22)18-34(27)30(37)38-19-20-8-2-1-3-9-20/h1-15,26-27H,16-19H2,(H2,31,35)(H,33,36)/t26-,27-/m0/s1. The fourth-order valence-corrected chi connectivity index (χ4v) is 4.67. The molecule has 2 atom stereocenters. The highest BCUT2D eigenvalue weighted by molar-refractivity contribution is 5.91. The molecule has 5 rings (SSSR count). The predicted molar refractivity (Wildman–Crippen MR) is 143 cm³/mol. The first-order chi connectivity index (χ1) is 18.5. The molecular formula is C30H28N4O4. The Morgan fingerprint density at radius 2 is 1.63 bits per heavy atom. The van der Waals surface area contributed by atoms with Crippen molar-refractivity contribution in [1.29, 1.82) is 0 Å². The van der Waals surface area contributed by atoms with Crippen molar-refractivity contribution in [3.05, 3.63) is 113 Å². The second kappa shape index (κ2) is 11.1. The average molecular weight is 509 g/mol. The Labute approximate surface area is 220 Å². The number of aromatic nitrogens is 1. The zero-order valence-electron chi connectivity index (χ0n) is 20.7. The van der Waals surface area contributed by atoms with E-state index in [2.05, 4.69) is 10.3 Å². The first kappa shape index (κ1) is 25.0. The third-order valence-corrected chi connectivity index (χ3v) is 6.72. The number of hydrogen-bond acceptors (Lipinski definition) is 5. The third-order valence-electron chi connectivity index (χ3n) is 6.72. The Bertz CT molecular complexity index is 1470. The highest BCUT2D eigenvalue weighted by Gasteiger charge is 2.37. The number of amides is 3. The van der Waals surface area contributed by atoms with E-state index >= 15 is 0 Å². The molecule has 0 saturated carbocycles. The molecule has 0 aliphatic carbocycles. The molecule has 38 heavy (non-hydrogen) atoms. The summed E-state index contributed by atoms with van der Waals surface area (Å²) in [5, 5.41) is 3.74. The van der Waals surface area contributed by atoms with Gasteiger partial charge in [0.2, 0.25) is 11.8 Å². The van der Waals surface area contributed by atoms with Crippen LogP contribution in [0, 0.1) is 0 Å². The van der Waals surface area contributed by atoms with Crippen LogP contribution in [0.5, 0.6) is 0 Å². The quantitative estimate of drug-likeness (QED) is 0.397. The summed E-state index contributed by atoms with van der Waals surface area (Å²) < 4.78 is 5.56. The predicted octanol–water partition coefficient (Wildman–Crippen LogP) is 3.51. The zero-order valence-corrected chi connectivity index (χ0v) is 20.7. The fourth-order valence-electron chi connectivity index (χ4n) is 4.67. The van der Waals surface area contributed by atoms with Gasteiger partial charge in [0.1, 0.15) is 18.7 Å². The van der Waals surface area contributed by atoms with Crippen molar-refractivity contribution < 1.29 is 19.1 Å². The largest absolute Gasteiger partial charge is 0.445 e. The minimum absolute atomic E-state index is 0.0870. The van der Waals surface area contributed by atoms with Gasteiger partial charge in [0.05, 0.1) is 12.1 Å². The van der Waals surface area contributed by atoms with Crippen LogP contribution >= 0.6 is 0 Å². The van der Waals surface area contributed by atoms with E-state index in [-0.39, 0.29) is 19.6 Å². The van der Waals surface area contributed by atoms with Gasteiger partial charge in [-0.2, -0.15) is 0 Å². The molecule has 3 aromatic carbocycles. The number of hydrogen-bond donors (Lipinski definition) is 2. The Morgan fingerprint density at radius 1 is 0.921 bits per heavy atom. The number of nitrogens with two attached hydrogens (primary N) is 1. The minimum atomic E-state index is -0.990. The Balaban J connectivity index is 1.34. The van der Waals surface area contributed by atoms with Gasteiger partial charge < -0.3 is 15.8 Å². The van der Waals surface area contributed by atoms with E-state index in [0.717, 1.165) is 27.6 Å². The lowest BCUT2D eigenvalue weighted by Crippen LogP contribution is -2.56. The van der Waals surface area contributed by atoms with Crippen LogP contribution in [0.15, 0.2) is 91.0 Å². The van der Waals surface area contributed by atoms with E-state index in [1.165, 1.54) is 4.90 Å². The molecule has 0 radical (unpaired) electrons. The number of ether oxygens (including phenoxy) is 1. The van der Waals surface area contributed by atoms with Crippen molar-refractivity contribution in [2.24, 2.45) is 5.73 Å². The Hall–Kier alpha value is -4.72. The first-order valence-corrected chi connectivity index (χ1v) is 12.5. The van der Waals surface area contributed by atoms with E-state index in [1.807, 2.05) is 91.0 Å². The number of benzene rings is 3. The third kappa shape index (κ3) is 5.64. The second-order valence-electron chi connectivity index (χ2n) is 9.32. The van der Waals surface area contributed by atoms with Gasteiger partial charge in [-0.05, 0) is 28.8 Å². The summed E-state index contributed by atoms with van der Waals surface area (Å²) in [7, 11) is 0. The molecule has 2 heterocycles. The van der Waals surface area contributed by atoms with E-state index in [9.17, 15) is 14.4 Å².